The van der Waals surface area contributed by atoms with Crippen molar-refractivity contribution in [1.29, 1.82) is 0 Å². The third kappa shape index (κ3) is 3.19. The molecule has 1 aliphatic rings. The van der Waals surface area contributed by atoms with Gasteiger partial charge in [0, 0.05) is 18.4 Å². The maximum absolute atomic E-state index is 6.50. The molecule has 110 valence electrons. The van der Waals surface area contributed by atoms with Gasteiger partial charge in [-0.2, -0.15) is 0 Å². The number of aryl methyl sites for hydroxylation is 1. The number of allylic oxidation sites excluding steroid dienone is 4. The summed E-state index contributed by atoms with van der Waals surface area (Å²) >= 11 is 6.50. The molecule has 0 fully saturated rings. The highest BCUT2D eigenvalue weighted by Gasteiger charge is 2.23. The van der Waals surface area contributed by atoms with Crippen molar-refractivity contribution in [2.75, 3.05) is 7.05 Å². The van der Waals surface area contributed by atoms with Gasteiger partial charge in [0.15, 0.2) is 0 Å². The predicted molar refractivity (Wildman–Crippen MR) is 91.5 cm³/mol. The molecule has 0 saturated carbocycles. The van der Waals surface area contributed by atoms with Gasteiger partial charge in [-0.1, -0.05) is 31.2 Å². The Kier molecular flexibility index (Phi) is 4.86. The molecule has 3 nitrogen and oxygen atoms in total. The van der Waals surface area contributed by atoms with Crippen LogP contribution in [0.5, 0.6) is 0 Å². The first-order chi connectivity index (χ1) is 10.1. The maximum Gasteiger partial charge on any atom is 0.106 e. The van der Waals surface area contributed by atoms with E-state index in [1.54, 1.807) is 6.08 Å². The quantitative estimate of drug-likeness (QED) is 0.782. The third-order valence-corrected chi connectivity index (χ3v) is 3.73. The number of aromatic amines is 1. The second-order valence-electron chi connectivity index (χ2n) is 4.80. The van der Waals surface area contributed by atoms with Gasteiger partial charge in [0.05, 0.1) is 16.4 Å². The molecule has 2 N–H and O–H groups in total. The molecule has 2 heterocycles. The SMILES string of the molecule is C=C/C=C(\NC)C1=N/C(=C\c2ccc(C)[nH]2)C(CC)=C1Cl. The topological polar surface area (TPSA) is 40.2 Å². The number of halogens is 1. The molecule has 1 aromatic heterocycles. The van der Waals surface area contributed by atoms with Crippen LogP contribution < -0.4 is 5.32 Å². The molecule has 0 aromatic carbocycles. The fourth-order valence-electron chi connectivity index (χ4n) is 2.28. The van der Waals surface area contributed by atoms with Crippen LogP contribution in [-0.4, -0.2) is 17.7 Å². The molecule has 0 saturated heterocycles. The van der Waals surface area contributed by atoms with Gasteiger partial charge in [-0.15, -0.1) is 0 Å². The van der Waals surface area contributed by atoms with Gasteiger partial charge >= 0.3 is 0 Å². The molecule has 0 amide bonds. The Hall–Kier alpha value is -2.00. The van der Waals surface area contributed by atoms with E-state index in [2.05, 4.69) is 28.8 Å². The van der Waals surface area contributed by atoms with Crippen molar-refractivity contribution < 1.29 is 0 Å². The van der Waals surface area contributed by atoms with Crippen LogP contribution in [-0.2, 0) is 0 Å². The Bertz CT molecular complexity index is 672. The molecule has 0 atom stereocenters. The van der Waals surface area contributed by atoms with Crippen molar-refractivity contribution in [2.24, 2.45) is 4.99 Å². The standard InChI is InChI=1S/C17H20ClN3/c1-5-7-14(19-4)17-16(18)13(6-2)15(21-17)10-12-9-8-11(3)20-12/h5,7-10,19-20H,1,6H2,2-4H3/b14-7-,15-10-. The van der Waals surface area contributed by atoms with Crippen molar-refractivity contribution in [3.63, 3.8) is 0 Å². The van der Waals surface area contributed by atoms with Crippen LogP contribution in [0.4, 0.5) is 0 Å². The first kappa shape index (κ1) is 15.4. The highest BCUT2D eigenvalue weighted by molar-refractivity contribution is 6.48. The Morgan fingerprint density at radius 1 is 1.48 bits per heavy atom. The van der Waals surface area contributed by atoms with Crippen LogP contribution in [0.15, 0.2) is 57.9 Å². The van der Waals surface area contributed by atoms with Crippen molar-refractivity contribution >= 4 is 23.4 Å². The lowest BCUT2D eigenvalue weighted by atomic mass is 10.1. The molecule has 0 radical (unpaired) electrons. The predicted octanol–water partition coefficient (Wildman–Crippen LogP) is 4.31. The molecule has 1 aliphatic heterocycles. The van der Waals surface area contributed by atoms with Crippen LogP contribution in [0.3, 0.4) is 0 Å². The minimum atomic E-state index is 0.703. The normalized spacial score (nSPS) is 17.4. The van der Waals surface area contributed by atoms with E-state index in [9.17, 15) is 0 Å². The molecule has 0 spiro atoms. The summed E-state index contributed by atoms with van der Waals surface area (Å²) in [5.41, 5.74) is 5.76. The lowest BCUT2D eigenvalue weighted by Gasteiger charge is -2.05. The lowest BCUT2D eigenvalue weighted by molar-refractivity contribution is 1.05. The van der Waals surface area contributed by atoms with Crippen molar-refractivity contribution in [3.05, 3.63) is 64.3 Å². The summed E-state index contributed by atoms with van der Waals surface area (Å²) in [5.74, 6) is 0. The lowest BCUT2D eigenvalue weighted by Crippen LogP contribution is -2.15. The number of nitrogens with one attached hydrogen (secondary N) is 2. The minimum Gasteiger partial charge on any atom is -0.386 e. The van der Waals surface area contributed by atoms with E-state index in [4.69, 9.17) is 11.6 Å². The van der Waals surface area contributed by atoms with Crippen molar-refractivity contribution in [1.82, 2.24) is 10.3 Å². The van der Waals surface area contributed by atoms with E-state index in [1.807, 2.05) is 38.3 Å². The second-order valence-corrected chi connectivity index (χ2v) is 5.18. The van der Waals surface area contributed by atoms with Crippen LogP contribution in [0.1, 0.15) is 24.7 Å². The number of H-pyrrole nitrogens is 1. The molecule has 2 rings (SSSR count). The van der Waals surface area contributed by atoms with E-state index >= 15 is 0 Å². The van der Waals surface area contributed by atoms with Gasteiger partial charge in [-0.25, -0.2) is 4.99 Å². The number of aromatic nitrogens is 1. The molecule has 4 heteroatoms. The third-order valence-electron chi connectivity index (χ3n) is 3.32. The molecular formula is C17H20ClN3. The number of hydrogen-bond acceptors (Lipinski definition) is 2. The Labute approximate surface area is 130 Å². The maximum atomic E-state index is 6.50. The van der Waals surface area contributed by atoms with E-state index in [0.29, 0.717) is 5.03 Å². The Morgan fingerprint density at radius 2 is 2.24 bits per heavy atom. The van der Waals surface area contributed by atoms with Gasteiger partial charge in [0.1, 0.15) is 5.71 Å². The zero-order chi connectivity index (χ0) is 15.4. The summed E-state index contributed by atoms with van der Waals surface area (Å²) in [5, 5.41) is 3.82. The number of aliphatic imine (C=N–C) groups is 1. The van der Waals surface area contributed by atoms with Gasteiger partial charge in [0.25, 0.3) is 0 Å². The van der Waals surface area contributed by atoms with Crippen LogP contribution in [0, 0.1) is 6.92 Å². The first-order valence-corrected chi connectivity index (χ1v) is 7.34. The highest BCUT2D eigenvalue weighted by atomic mass is 35.5. The van der Waals surface area contributed by atoms with E-state index in [1.165, 1.54) is 0 Å². The molecule has 0 aliphatic carbocycles. The summed E-state index contributed by atoms with van der Waals surface area (Å²) in [6.07, 6.45) is 6.46. The minimum absolute atomic E-state index is 0.703. The number of hydrogen-bond donors (Lipinski definition) is 2. The van der Waals surface area contributed by atoms with Gasteiger partial charge in [-0.05, 0) is 43.2 Å². The summed E-state index contributed by atoms with van der Waals surface area (Å²) in [4.78, 5) is 7.98. The molecule has 0 unspecified atom stereocenters. The Balaban J connectivity index is 2.48. The van der Waals surface area contributed by atoms with Gasteiger partial charge < -0.3 is 10.3 Å². The highest BCUT2D eigenvalue weighted by Crippen LogP contribution is 2.33. The molecule has 0 bridgehead atoms. The molecule has 21 heavy (non-hydrogen) atoms. The summed E-state index contributed by atoms with van der Waals surface area (Å²) in [6, 6.07) is 4.08. The van der Waals surface area contributed by atoms with Crippen LogP contribution in [0.2, 0.25) is 0 Å². The van der Waals surface area contributed by atoms with E-state index in [0.717, 1.165) is 40.5 Å². The molecular weight excluding hydrogens is 282 g/mol. The van der Waals surface area contributed by atoms with Gasteiger partial charge in [0.2, 0.25) is 0 Å². The Morgan fingerprint density at radius 3 is 2.76 bits per heavy atom. The summed E-state index contributed by atoms with van der Waals surface area (Å²) in [7, 11) is 1.85. The summed E-state index contributed by atoms with van der Waals surface area (Å²) < 4.78 is 0. The van der Waals surface area contributed by atoms with E-state index < -0.39 is 0 Å². The van der Waals surface area contributed by atoms with E-state index in [-0.39, 0.29) is 0 Å². The number of rotatable bonds is 5. The van der Waals surface area contributed by atoms with Crippen LogP contribution >= 0.6 is 11.6 Å². The molecule has 1 aromatic rings. The van der Waals surface area contributed by atoms with Crippen molar-refractivity contribution in [3.8, 4) is 0 Å². The van der Waals surface area contributed by atoms with Crippen molar-refractivity contribution in [2.45, 2.75) is 20.3 Å². The zero-order valence-electron chi connectivity index (χ0n) is 12.6. The smallest absolute Gasteiger partial charge is 0.106 e. The number of nitrogens with zero attached hydrogens (tertiary/aromatic N) is 1. The van der Waals surface area contributed by atoms with Crippen LogP contribution in [0.25, 0.3) is 6.08 Å². The second kappa shape index (κ2) is 6.64. The fraction of sp³-hybridized carbons (Fsp3) is 0.235. The largest absolute Gasteiger partial charge is 0.386 e. The average molecular weight is 302 g/mol. The monoisotopic (exact) mass is 301 g/mol. The zero-order valence-corrected chi connectivity index (χ0v) is 13.4. The summed E-state index contributed by atoms with van der Waals surface area (Å²) in [6.45, 7) is 7.84. The fourth-order valence-corrected chi connectivity index (χ4v) is 2.66. The average Bonchev–Trinajstić information content (AvgIpc) is 3.00. The first-order valence-electron chi connectivity index (χ1n) is 6.97. The van der Waals surface area contributed by atoms with Gasteiger partial charge in [-0.3, -0.25) is 0 Å².